The van der Waals surface area contributed by atoms with Gasteiger partial charge in [-0.1, -0.05) is 80.6 Å². The first kappa shape index (κ1) is 33.2. The molecular weight excluding hydrogens is 481 g/mol. The van der Waals surface area contributed by atoms with Crippen molar-refractivity contribution in [3.05, 3.63) is 65.7 Å². The summed E-state index contributed by atoms with van der Waals surface area (Å²) in [6.07, 6.45) is 10.9. The predicted molar refractivity (Wildman–Crippen MR) is 152 cm³/mol. The standard InChI is InChI=1S/C28H43N3O2.2ClH/c1-31(28(32)26(30)19-12-13-21-29)23-25-18-10-11-20-27(25)33-22-14-5-3-2-4-7-15-24-16-8-6-9-17-24;;/h6,8-11,16-18,20,26H,2-5,7,12-15,19,21-23,29-30H2,1H3;2*1H/t26-;;/m1../s1. The summed E-state index contributed by atoms with van der Waals surface area (Å²) in [4.78, 5) is 14.3. The maximum Gasteiger partial charge on any atom is 0.239 e. The number of aryl methyl sites for hydroxylation is 1. The Labute approximate surface area is 224 Å². The molecule has 0 unspecified atom stereocenters. The van der Waals surface area contributed by atoms with Gasteiger partial charge in [0.15, 0.2) is 0 Å². The monoisotopic (exact) mass is 525 g/mol. The third-order valence-corrected chi connectivity index (χ3v) is 6.00. The number of hydrogen-bond acceptors (Lipinski definition) is 4. The highest BCUT2D eigenvalue weighted by molar-refractivity contribution is 5.85. The Hall–Kier alpha value is -1.79. The lowest BCUT2D eigenvalue weighted by Gasteiger charge is -2.22. The van der Waals surface area contributed by atoms with Gasteiger partial charge in [0.05, 0.1) is 12.6 Å². The fourth-order valence-corrected chi connectivity index (χ4v) is 3.99. The molecule has 0 bridgehead atoms. The van der Waals surface area contributed by atoms with E-state index in [0.717, 1.165) is 30.6 Å². The van der Waals surface area contributed by atoms with Crippen molar-refractivity contribution in [2.45, 2.75) is 76.8 Å². The Morgan fingerprint density at radius 3 is 2.20 bits per heavy atom. The SMILES string of the molecule is CN(Cc1ccccc1OCCCCCCCCc1ccccc1)C(=O)[C@H](N)CCCCN.Cl.Cl. The van der Waals surface area contributed by atoms with Crippen LogP contribution in [-0.4, -0.2) is 37.0 Å². The molecule has 0 heterocycles. The van der Waals surface area contributed by atoms with Crippen molar-refractivity contribution >= 4 is 30.7 Å². The molecule has 2 aromatic rings. The van der Waals surface area contributed by atoms with Gasteiger partial charge in [-0.2, -0.15) is 0 Å². The zero-order valence-corrected chi connectivity index (χ0v) is 22.8. The number of amides is 1. The van der Waals surface area contributed by atoms with Crippen LogP contribution in [0.3, 0.4) is 0 Å². The molecule has 2 aromatic carbocycles. The fraction of sp³-hybridized carbons (Fsp3) is 0.536. The molecule has 0 spiro atoms. The van der Waals surface area contributed by atoms with Crippen molar-refractivity contribution in [1.82, 2.24) is 4.90 Å². The number of rotatable bonds is 17. The van der Waals surface area contributed by atoms with E-state index >= 15 is 0 Å². The van der Waals surface area contributed by atoms with E-state index in [1.54, 1.807) is 11.9 Å². The van der Waals surface area contributed by atoms with Crippen LogP contribution in [0, 0.1) is 0 Å². The summed E-state index contributed by atoms with van der Waals surface area (Å²) in [5.74, 6) is 0.825. The Kier molecular flexibility index (Phi) is 19.4. The Bertz CT molecular complexity index is 793. The van der Waals surface area contributed by atoms with Gasteiger partial charge in [0.1, 0.15) is 5.75 Å². The normalized spacial score (nSPS) is 11.2. The van der Waals surface area contributed by atoms with Gasteiger partial charge in [-0.15, -0.1) is 24.8 Å². The quantitative estimate of drug-likeness (QED) is 0.251. The Morgan fingerprint density at radius 2 is 1.49 bits per heavy atom. The third-order valence-electron chi connectivity index (χ3n) is 6.00. The highest BCUT2D eigenvalue weighted by Crippen LogP contribution is 2.20. The van der Waals surface area contributed by atoms with Crippen molar-refractivity contribution in [2.24, 2.45) is 11.5 Å². The lowest BCUT2D eigenvalue weighted by Crippen LogP contribution is -2.41. The summed E-state index contributed by atoms with van der Waals surface area (Å²) in [5, 5.41) is 0. The summed E-state index contributed by atoms with van der Waals surface area (Å²) < 4.78 is 6.06. The summed E-state index contributed by atoms with van der Waals surface area (Å²) in [5.41, 5.74) is 14.1. The van der Waals surface area contributed by atoms with E-state index in [1.807, 2.05) is 24.3 Å². The number of carbonyl (C=O) groups excluding carboxylic acids is 1. The van der Waals surface area contributed by atoms with Crippen LogP contribution in [0.25, 0.3) is 0 Å². The summed E-state index contributed by atoms with van der Waals surface area (Å²) >= 11 is 0. The molecule has 0 fully saturated rings. The minimum absolute atomic E-state index is 0. The second kappa shape index (κ2) is 20.4. The largest absolute Gasteiger partial charge is 0.493 e. The second-order valence-electron chi connectivity index (χ2n) is 8.90. The number of likely N-dealkylation sites (N-methyl/N-ethyl adjacent to an activating group) is 1. The first-order chi connectivity index (χ1) is 16.1. The highest BCUT2D eigenvalue weighted by atomic mass is 35.5. The molecule has 0 aromatic heterocycles. The fourth-order valence-electron chi connectivity index (χ4n) is 3.99. The molecular formula is C28H45Cl2N3O2. The number of nitrogens with zero attached hydrogens (tertiary/aromatic N) is 1. The second-order valence-corrected chi connectivity index (χ2v) is 8.90. The molecule has 1 atom stereocenters. The van der Waals surface area contributed by atoms with E-state index in [2.05, 4.69) is 30.3 Å². The van der Waals surface area contributed by atoms with Crippen LogP contribution in [0.5, 0.6) is 5.75 Å². The summed E-state index contributed by atoms with van der Waals surface area (Å²) in [7, 11) is 1.81. The zero-order valence-electron chi connectivity index (χ0n) is 21.2. The van der Waals surface area contributed by atoms with Gasteiger partial charge in [0.2, 0.25) is 5.91 Å². The lowest BCUT2D eigenvalue weighted by atomic mass is 10.1. The molecule has 1 amide bonds. The number of carbonyl (C=O) groups is 1. The summed E-state index contributed by atoms with van der Waals surface area (Å²) in [6, 6.07) is 18.2. The van der Waals surface area contributed by atoms with E-state index in [-0.39, 0.29) is 30.7 Å². The first-order valence-electron chi connectivity index (χ1n) is 12.6. The number of benzene rings is 2. The smallest absolute Gasteiger partial charge is 0.239 e. The van der Waals surface area contributed by atoms with Crippen molar-refractivity contribution < 1.29 is 9.53 Å². The van der Waals surface area contributed by atoms with Gasteiger partial charge in [0, 0.05) is 19.2 Å². The van der Waals surface area contributed by atoms with Crippen molar-refractivity contribution in [1.29, 1.82) is 0 Å². The third kappa shape index (κ3) is 13.8. The van der Waals surface area contributed by atoms with E-state index in [4.69, 9.17) is 16.2 Å². The van der Waals surface area contributed by atoms with Gasteiger partial charge in [-0.3, -0.25) is 4.79 Å². The van der Waals surface area contributed by atoms with Crippen LogP contribution < -0.4 is 16.2 Å². The molecule has 0 saturated carbocycles. The molecule has 0 aliphatic carbocycles. The molecule has 198 valence electrons. The van der Waals surface area contributed by atoms with Crippen LogP contribution in [-0.2, 0) is 17.8 Å². The first-order valence-corrected chi connectivity index (χ1v) is 12.6. The van der Waals surface area contributed by atoms with Gasteiger partial charge in [-0.05, 0) is 50.3 Å². The molecule has 35 heavy (non-hydrogen) atoms. The van der Waals surface area contributed by atoms with E-state index in [9.17, 15) is 4.79 Å². The Balaban J connectivity index is 0.00000578. The zero-order chi connectivity index (χ0) is 23.7. The van der Waals surface area contributed by atoms with Gasteiger partial charge in [-0.25, -0.2) is 0 Å². The molecule has 0 aliphatic rings. The number of ether oxygens (including phenoxy) is 1. The minimum Gasteiger partial charge on any atom is -0.493 e. The van der Waals surface area contributed by atoms with Crippen LogP contribution in [0.2, 0.25) is 0 Å². The average Bonchev–Trinajstić information content (AvgIpc) is 2.84. The summed E-state index contributed by atoms with van der Waals surface area (Å²) in [6.45, 7) is 1.84. The van der Waals surface area contributed by atoms with Gasteiger partial charge >= 0.3 is 0 Å². The maximum absolute atomic E-state index is 12.6. The molecule has 0 radical (unpaired) electrons. The highest BCUT2D eigenvalue weighted by Gasteiger charge is 2.18. The van der Waals surface area contributed by atoms with Crippen molar-refractivity contribution in [3.63, 3.8) is 0 Å². The molecule has 5 nitrogen and oxygen atoms in total. The van der Waals surface area contributed by atoms with Crippen LogP contribution in [0.1, 0.15) is 68.9 Å². The average molecular weight is 527 g/mol. The van der Waals surface area contributed by atoms with Crippen LogP contribution in [0.15, 0.2) is 54.6 Å². The minimum atomic E-state index is -0.470. The number of para-hydroxylation sites is 1. The van der Waals surface area contributed by atoms with E-state index < -0.39 is 6.04 Å². The topological polar surface area (TPSA) is 81.6 Å². The van der Waals surface area contributed by atoms with Gasteiger partial charge in [0.25, 0.3) is 0 Å². The van der Waals surface area contributed by atoms with Gasteiger partial charge < -0.3 is 21.1 Å². The maximum atomic E-state index is 12.6. The lowest BCUT2D eigenvalue weighted by molar-refractivity contribution is -0.132. The van der Waals surface area contributed by atoms with E-state index in [0.29, 0.717) is 26.1 Å². The molecule has 2 rings (SSSR count). The van der Waals surface area contributed by atoms with Crippen molar-refractivity contribution in [3.8, 4) is 5.75 Å². The molecule has 4 N–H and O–H groups in total. The molecule has 0 saturated heterocycles. The number of hydrogen-bond donors (Lipinski definition) is 2. The number of nitrogens with two attached hydrogens (primary N) is 2. The Morgan fingerprint density at radius 1 is 0.857 bits per heavy atom. The van der Waals surface area contributed by atoms with E-state index in [1.165, 1.54) is 44.1 Å². The number of unbranched alkanes of at least 4 members (excludes halogenated alkanes) is 6. The molecule has 7 heteroatoms. The predicted octanol–water partition coefficient (Wildman–Crippen LogP) is 5.91. The molecule has 0 aliphatic heterocycles. The number of halogens is 2. The van der Waals surface area contributed by atoms with Crippen LogP contribution >= 0.6 is 24.8 Å². The van der Waals surface area contributed by atoms with Crippen LogP contribution in [0.4, 0.5) is 0 Å². The van der Waals surface area contributed by atoms with Crippen molar-refractivity contribution in [2.75, 3.05) is 20.2 Å².